The quantitative estimate of drug-likeness (QED) is 0.211. The number of carboxylic acid groups (broad SMARTS) is 2. The lowest BCUT2D eigenvalue weighted by atomic mass is 9.90. The van der Waals surface area contributed by atoms with E-state index in [2.05, 4.69) is 23.3 Å². The second-order valence-electron chi connectivity index (χ2n) is 8.38. The van der Waals surface area contributed by atoms with Crippen molar-refractivity contribution in [1.29, 1.82) is 0 Å². The minimum absolute atomic E-state index is 0.0256. The molecular formula is C26H34N4O7S. The first-order valence-corrected chi connectivity index (χ1v) is 12.3. The Bertz CT molecular complexity index is 1030. The lowest BCUT2D eigenvalue weighted by molar-refractivity contribution is -0.139. The smallest absolute Gasteiger partial charge is 0.322 e. The van der Waals surface area contributed by atoms with Gasteiger partial charge in [-0.2, -0.15) is 12.6 Å². The van der Waals surface area contributed by atoms with Crippen LogP contribution in [-0.4, -0.2) is 83.2 Å². The first-order chi connectivity index (χ1) is 18.0. The molecule has 0 spiro atoms. The number of thiol groups is 1. The normalized spacial score (nSPS) is 11.8. The SMILES string of the molecule is CN(C)C(=O)C(c1ccccc1)c1ccccc1.N[C@@H](CCC(=O)N[C@@H](CS)C(=O)NCC(=O)O)C(=O)O. The summed E-state index contributed by atoms with van der Waals surface area (Å²) < 4.78 is 0. The van der Waals surface area contributed by atoms with Crippen LogP contribution in [0.25, 0.3) is 0 Å². The van der Waals surface area contributed by atoms with Gasteiger partial charge in [-0.25, -0.2) is 0 Å². The second-order valence-corrected chi connectivity index (χ2v) is 8.75. The topological polar surface area (TPSA) is 179 Å². The third-order valence-corrected chi connectivity index (χ3v) is 5.57. The summed E-state index contributed by atoms with van der Waals surface area (Å²) in [5.41, 5.74) is 7.29. The molecule has 6 N–H and O–H groups in total. The van der Waals surface area contributed by atoms with Gasteiger partial charge in [0.25, 0.3) is 0 Å². The molecule has 0 saturated carbocycles. The fraction of sp³-hybridized carbons (Fsp3) is 0.346. The molecule has 0 unspecified atom stereocenters. The Morgan fingerprint density at radius 2 is 1.42 bits per heavy atom. The fourth-order valence-corrected chi connectivity index (χ4v) is 3.44. The van der Waals surface area contributed by atoms with Crippen LogP contribution in [0.4, 0.5) is 0 Å². The number of likely N-dealkylation sites (N-methyl/N-ethyl adjacent to an activating group) is 1. The lowest BCUT2D eigenvalue weighted by Gasteiger charge is -2.21. The number of nitrogens with two attached hydrogens (primary N) is 1. The Morgan fingerprint density at radius 1 is 0.921 bits per heavy atom. The minimum atomic E-state index is -1.22. The number of amides is 3. The highest BCUT2D eigenvalue weighted by Crippen LogP contribution is 2.25. The molecule has 0 heterocycles. The molecule has 0 aliphatic heterocycles. The van der Waals surface area contributed by atoms with Crippen LogP contribution >= 0.6 is 12.6 Å². The first kappa shape index (κ1) is 32.1. The van der Waals surface area contributed by atoms with Crippen LogP contribution in [0, 0.1) is 0 Å². The molecule has 2 aromatic carbocycles. The molecule has 0 aromatic heterocycles. The maximum absolute atomic E-state index is 12.4. The van der Waals surface area contributed by atoms with Crippen LogP contribution in [0.2, 0.25) is 0 Å². The van der Waals surface area contributed by atoms with Gasteiger partial charge in [0.05, 0.1) is 5.92 Å². The number of carbonyl (C=O) groups is 5. The maximum Gasteiger partial charge on any atom is 0.322 e. The van der Waals surface area contributed by atoms with Gasteiger partial charge in [-0.3, -0.25) is 24.0 Å². The number of aliphatic carboxylic acids is 2. The molecular weight excluding hydrogens is 512 g/mol. The van der Waals surface area contributed by atoms with Gasteiger partial charge in [-0.05, 0) is 17.5 Å². The molecule has 2 aromatic rings. The highest BCUT2D eigenvalue weighted by Gasteiger charge is 2.24. The number of nitrogens with zero attached hydrogens (tertiary/aromatic N) is 1. The van der Waals surface area contributed by atoms with Crippen molar-refractivity contribution in [2.75, 3.05) is 26.4 Å². The van der Waals surface area contributed by atoms with E-state index in [-0.39, 0.29) is 30.4 Å². The van der Waals surface area contributed by atoms with Crippen molar-refractivity contribution >= 4 is 42.3 Å². The summed E-state index contributed by atoms with van der Waals surface area (Å²) in [5, 5.41) is 21.4. The Labute approximate surface area is 226 Å². The lowest BCUT2D eigenvalue weighted by Crippen LogP contribution is -2.49. The Morgan fingerprint density at radius 3 is 1.82 bits per heavy atom. The molecule has 0 aliphatic rings. The van der Waals surface area contributed by atoms with Crippen LogP contribution in [-0.2, 0) is 24.0 Å². The van der Waals surface area contributed by atoms with Crippen LogP contribution in [0.5, 0.6) is 0 Å². The van der Waals surface area contributed by atoms with E-state index in [1.165, 1.54) is 0 Å². The predicted molar refractivity (Wildman–Crippen MR) is 145 cm³/mol. The molecule has 0 radical (unpaired) electrons. The van der Waals surface area contributed by atoms with E-state index in [1.54, 1.807) is 19.0 Å². The first-order valence-electron chi connectivity index (χ1n) is 11.7. The van der Waals surface area contributed by atoms with Gasteiger partial charge in [0, 0.05) is 26.3 Å². The van der Waals surface area contributed by atoms with Gasteiger partial charge in [0.2, 0.25) is 17.7 Å². The number of benzene rings is 2. The third-order valence-electron chi connectivity index (χ3n) is 5.20. The van der Waals surface area contributed by atoms with E-state index >= 15 is 0 Å². The molecule has 2 atom stereocenters. The van der Waals surface area contributed by atoms with E-state index in [0.717, 1.165) is 11.1 Å². The van der Waals surface area contributed by atoms with E-state index in [0.29, 0.717) is 0 Å². The predicted octanol–water partition coefficient (Wildman–Crippen LogP) is 0.701. The van der Waals surface area contributed by atoms with Crippen LogP contribution in [0.3, 0.4) is 0 Å². The largest absolute Gasteiger partial charge is 0.480 e. The molecule has 0 aliphatic carbocycles. The standard InChI is InChI=1S/C16H17NO.C10H17N3O6S/c1-17(2)16(18)15(13-9-5-3-6-10-13)14-11-7-4-8-12-14;11-5(10(18)19)1-2-7(14)13-6(4-20)9(17)12-3-8(15)16/h3-12,15H,1-2H3;5-6,20H,1-4,11H2,(H,12,17)(H,13,14)(H,15,16)(H,18,19)/t;5-,6-/m.0/s1. The second kappa shape index (κ2) is 16.8. The van der Waals surface area contributed by atoms with E-state index in [9.17, 15) is 24.0 Å². The number of carboxylic acids is 2. The van der Waals surface area contributed by atoms with Crippen molar-refractivity contribution in [2.24, 2.45) is 5.73 Å². The van der Waals surface area contributed by atoms with Crippen molar-refractivity contribution in [3.05, 3.63) is 71.8 Å². The summed E-state index contributed by atoms with van der Waals surface area (Å²) in [4.78, 5) is 57.8. The fourth-order valence-electron chi connectivity index (χ4n) is 3.18. The third kappa shape index (κ3) is 11.4. The highest BCUT2D eigenvalue weighted by atomic mass is 32.1. The van der Waals surface area contributed by atoms with Crippen molar-refractivity contribution in [1.82, 2.24) is 15.5 Å². The number of hydrogen-bond acceptors (Lipinski definition) is 7. The van der Waals surface area contributed by atoms with Crippen molar-refractivity contribution in [3.63, 3.8) is 0 Å². The van der Waals surface area contributed by atoms with Crippen molar-refractivity contribution in [3.8, 4) is 0 Å². The number of rotatable bonds is 12. The molecule has 0 bridgehead atoms. The molecule has 0 saturated heterocycles. The summed E-state index contributed by atoms with van der Waals surface area (Å²) in [7, 11) is 3.59. The number of hydrogen-bond donors (Lipinski definition) is 6. The van der Waals surface area contributed by atoms with Gasteiger partial charge >= 0.3 is 11.9 Å². The molecule has 0 fully saturated rings. The van der Waals surface area contributed by atoms with Gasteiger partial charge in [-0.1, -0.05) is 60.7 Å². The van der Waals surface area contributed by atoms with Crippen molar-refractivity contribution < 1.29 is 34.2 Å². The van der Waals surface area contributed by atoms with Gasteiger partial charge in [0.1, 0.15) is 18.6 Å². The van der Waals surface area contributed by atoms with E-state index < -0.39 is 42.4 Å². The van der Waals surface area contributed by atoms with E-state index in [1.807, 2.05) is 60.7 Å². The summed E-state index contributed by atoms with van der Waals surface area (Å²) in [6, 6.07) is 17.6. The summed E-state index contributed by atoms with van der Waals surface area (Å²) in [6.07, 6.45) is -0.235. The molecule has 12 heteroatoms. The molecule has 2 rings (SSSR count). The zero-order valence-corrected chi connectivity index (χ0v) is 22.1. The number of nitrogens with one attached hydrogen (secondary N) is 2. The average molecular weight is 547 g/mol. The maximum atomic E-state index is 12.4. The zero-order valence-electron chi connectivity index (χ0n) is 21.2. The van der Waals surface area contributed by atoms with Crippen LogP contribution in [0.1, 0.15) is 29.9 Å². The average Bonchev–Trinajstić information content (AvgIpc) is 2.90. The molecule has 206 valence electrons. The van der Waals surface area contributed by atoms with Gasteiger partial charge in [-0.15, -0.1) is 0 Å². The molecule has 38 heavy (non-hydrogen) atoms. The number of carbonyl (C=O) groups excluding carboxylic acids is 3. The monoisotopic (exact) mass is 546 g/mol. The van der Waals surface area contributed by atoms with Gasteiger partial charge in [0.15, 0.2) is 0 Å². The van der Waals surface area contributed by atoms with Gasteiger partial charge < -0.3 is 31.5 Å². The zero-order chi connectivity index (χ0) is 28.7. The molecule has 11 nitrogen and oxygen atoms in total. The summed E-state index contributed by atoms with van der Waals surface area (Å²) in [6.45, 7) is -0.567. The van der Waals surface area contributed by atoms with Crippen LogP contribution in [0.15, 0.2) is 60.7 Å². The van der Waals surface area contributed by atoms with Crippen molar-refractivity contribution in [2.45, 2.75) is 30.8 Å². The highest BCUT2D eigenvalue weighted by molar-refractivity contribution is 7.80. The minimum Gasteiger partial charge on any atom is -0.480 e. The summed E-state index contributed by atoms with van der Waals surface area (Å²) >= 11 is 3.87. The summed E-state index contributed by atoms with van der Waals surface area (Å²) in [5.74, 6) is -3.82. The van der Waals surface area contributed by atoms with Crippen LogP contribution < -0.4 is 16.4 Å². The Hall–Kier alpha value is -3.90. The molecule has 3 amide bonds. The van der Waals surface area contributed by atoms with E-state index in [4.69, 9.17) is 15.9 Å². The Balaban J connectivity index is 0.000000381. The Kier molecular flexibility index (Phi) is 14.2.